The second-order valence-electron chi connectivity index (χ2n) is 5.18. The number of aliphatic hydroxyl groups excluding tert-OH is 1. The number of hydrogen-bond acceptors (Lipinski definition) is 5. The number of aliphatic hydroxyl groups is 1. The molecule has 0 heterocycles. The van der Waals surface area contributed by atoms with E-state index in [9.17, 15) is 5.11 Å². The molecule has 0 bridgehead atoms. The molecule has 0 aromatic rings. The van der Waals surface area contributed by atoms with Crippen molar-refractivity contribution in [2.45, 2.75) is 32.2 Å². The largest absolute Gasteiger partial charge is 0.394 e. The van der Waals surface area contributed by atoms with E-state index in [-0.39, 0.29) is 12.1 Å². The number of likely N-dealkylation sites (N-methyl/N-ethyl adjacent to an activating group) is 1. The Labute approximate surface area is 118 Å². The Kier molecular flexibility index (Phi) is 11.5. The van der Waals surface area contributed by atoms with Gasteiger partial charge in [0.25, 0.3) is 0 Å². The molecular formula is C14H32N2O3. The molecule has 0 aliphatic heterocycles. The van der Waals surface area contributed by atoms with Crippen molar-refractivity contribution >= 4 is 0 Å². The average molecular weight is 276 g/mol. The molecule has 0 saturated heterocycles. The molecule has 19 heavy (non-hydrogen) atoms. The van der Waals surface area contributed by atoms with Gasteiger partial charge in [-0.3, -0.25) is 4.90 Å². The van der Waals surface area contributed by atoms with Crippen LogP contribution in [0.2, 0.25) is 0 Å². The highest BCUT2D eigenvalue weighted by molar-refractivity contribution is 4.81. The molecular weight excluding hydrogens is 244 g/mol. The molecule has 0 amide bonds. The van der Waals surface area contributed by atoms with Crippen LogP contribution in [-0.2, 0) is 9.47 Å². The normalized spacial score (nSPS) is 14.8. The molecule has 0 radical (unpaired) electrons. The summed E-state index contributed by atoms with van der Waals surface area (Å²) in [7, 11) is 3.45. The highest BCUT2D eigenvalue weighted by Gasteiger charge is 2.21. The van der Waals surface area contributed by atoms with Gasteiger partial charge in [-0.15, -0.1) is 0 Å². The van der Waals surface area contributed by atoms with E-state index in [4.69, 9.17) is 9.47 Å². The maximum atomic E-state index is 9.45. The van der Waals surface area contributed by atoms with Crippen LogP contribution in [0.15, 0.2) is 0 Å². The Morgan fingerprint density at radius 1 is 1.11 bits per heavy atom. The molecule has 0 saturated carbocycles. The first kappa shape index (κ1) is 18.8. The van der Waals surface area contributed by atoms with E-state index in [0.29, 0.717) is 0 Å². The van der Waals surface area contributed by atoms with Gasteiger partial charge in [0.2, 0.25) is 0 Å². The van der Waals surface area contributed by atoms with Crippen molar-refractivity contribution in [1.29, 1.82) is 0 Å². The topological polar surface area (TPSA) is 54.0 Å². The fraction of sp³-hybridized carbons (Fsp3) is 1.00. The van der Waals surface area contributed by atoms with E-state index in [1.165, 1.54) is 0 Å². The summed E-state index contributed by atoms with van der Waals surface area (Å²) in [5.41, 5.74) is -0.164. The molecule has 1 atom stereocenters. The molecule has 5 nitrogen and oxygen atoms in total. The van der Waals surface area contributed by atoms with Gasteiger partial charge in [0.1, 0.15) is 0 Å². The van der Waals surface area contributed by atoms with E-state index in [1.807, 2.05) is 0 Å². The third-order valence-corrected chi connectivity index (χ3v) is 3.38. The highest BCUT2D eigenvalue weighted by atomic mass is 16.5. The minimum absolute atomic E-state index is 0.164. The Morgan fingerprint density at radius 2 is 1.68 bits per heavy atom. The third-order valence-electron chi connectivity index (χ3n) is 3.38. The standard InChI is InChI=1S/C14H32N2O3/c1-5-15-14(2,13-17)7-6-8-16(9-11-18-3)10-12-19-4/h15,17H,5-13H2,1-4H3. The van der Waals surface area contributed by atoms with Crippen LogP contribution in [0.5, 0.6) is 0 Å². The van der Waals surface area contributed by atoms with Gasteiger partial charge in [-0.1, -0.05) is 6.92 Å². The van der Waals surface area contributed by atoms with Crippen LogP contribution >= 0.6 is 0 Å². The van der Waals surface area contributed by atoms with Gasteiger partial charge in [-0.05, 0) is 32.9 Å². The summed E-state index contributed by atoms with van der Waals surface area (Å²) in [5, 5.41) is 12.8. The molecule has 0 fully saturated rings. The maximum absolute atomic E-state index is 9.45. The molecule has 0 aliphatic rings. The van der Waals surface area contributed by atoms with Crippen LogP contribution in [0.1, 0.15) is 26.7 Å². The quantitative estimate of drug-likeness (QED) is 0.519. The number of rotatable bonds is 13. The SMILES string of the molecule is CCNC(C)(CO)CCCN(CCOC)CCOC. The minimum atomic E-state index is -0.164. The zero-order chi connectivity index (χ0) is 14.6. The van der Waals surface area contributed by atoms with Crippen molar-refractivity contribution in [3.8, 4) is 0 Å². The van der Waals surface area contributed by atoms with Crippen molar-refractivity contribution in [3.05, 3.63) is 0 Å². The summed E-state index contributed by atoms with van der Waals surface area (Å²) in [6.45, 7) is 9.55. The molecule has 2 N–H and O–H groups in total. The lowest BCUT2D eigenvalue weighted by molar-refractivity contribution is 0.107. The summed E-state index contributed by atoms with van der Waals surface area (Å²) in [6, 6.07) is 0. The summed E-state index contributed by atoms with van der Waals surface area (Å²) in [5.74, 6) is 0. The van der Waals surface area contributed by atoms with E-state index in [1.54, 1.807) is 14.2 Å². The fourth-order valence-corrected chi connectivity index (χ4v) is 2.12. The van der Waals surface area contributed by atoms with Gasteiger partial charge in [0.15, 0.2) is 0 Å². The Hall–Kier alpha value is -0.200. The summed E-state index contributed by atoms with van der Waals surface area (Å²) in [6.07, 6.45) is 2.02. The first-order valence-corrected chi connectivity index (χ1v) is 7.18. The Morgan fingerprint density at radius 3 is 2.11 bits per heavy atom. The van der Waals surface area contributed by atoms with Gasteiger partial charge in [0, 0.05) is 32.8 Å². The Balaban J connectivity index is 4.00. The van der Waals surface area contributed by atoms with E-state index in [0.717, 1.165) is 52.2 Å². The van der Waals surface area contributed by atoms with Crippen molar-refractivity contribution < 1.29 is 14.6 Å². The third kappa shape index (κ3) is 9.35. The zero-order valence-corrected chi connectivity index (χ0v) is 13.1. The maximum Gasteiger partial charge on any atom is 0.0610 e. The molecule has 0 aromatic carbocycles. The van der Waals surface area contributed by atoms with Gasteiger partial charge in [-0.25, -0.2) is 0 Å². The van der Waals surface area contributed by atoms with Crippen LogP contribution in [0.3, 0.4) is 0 Å². The van der Waals surface area contributed by atoms with Crippen LogP contribution in [0.4, 0.5) is 0 Å². The molecule has 0 spiro atoms. The summed E-state index contributed by atoms with van der Waals surface area (Å²) in [4.78, 5) is 2.34. The van der Waals surface area contributed by atoms with Crippen LogP contribution in [0.25, 0.3) is 0 Å². The predicted octanol–water partition coefficient (Wildman–Crippen LogP) is 0.722. The second-order valence-corrected chi connectivity index (χ2v) is 5.18. The smallest absolute Gasteiger partial charge is 0.0610 e. The molecule has 0 rings (SSSR count). The predicted molar refractivity (Wildman–Crippen MR) is 78.6 cm³/mol. The lowest BCUT2D eigenvalue weighted by Crippen LogP contribution is -2.46. The lowest BCUT2D eigenvalue weighted by atomic mass is 9.96. The number of nitrogens with zero attached hydrogens (tertiary/aromatic N) is 1. The number of ether oxygens (including phenoxy) is 2. The number of hydrogen-bond donors (Lipinski definition) is 2. The minimum Gasteiger partial charge on any atom is -0.394 e. The van der Waals surface area contributed by atoms with Crippen molar-refractivity contribution in [1.82, 2.24) is 10.2 Å². The number of nitrogens with one attached hydrogen (secondary N) is 1. The van der Waals surface area contributed by atoms with Crippen LogP contribution in [-0.4, -0.2) is 75.8 Å². The molecule has 5 heteroatoms. The van der Waals surface area contributed by atoms with E-state index in [2.05, 4.69) is 24.1 Å². The molecule has 0 aromatic heterocycles. The van der Waals surface area contributed by atoms with E-state index < -0.39 is 0 Å². The summed E-state index contributed by atoms with van der Waals surface area (Å²) < 4.78 is 10.2. The van der Waals surface area contributed by atoms with Gasteiger partial charge < -0.3 is 19.9 Å². The second kappa shape index (κ2) is 11.6. The van der Waals surface area contributed by atoms with Crippen molar-refractivity contribution in [3.63, 3.8) is 0 Å². The lowest BCUT2D eigenvalue weighted by Gasteiger charge is -2.30. The van der Waals surface area contributed by atoms with Crippen LogP contribution in [0, 0.1) is 0 Å². The average Bonchev–Trinajstić information content (AvgIpc) is 2.41. The van der Waals surface area contributed by atoms with Gasteiger partial charge in [0.05, 0.1) is 19.8 Å². The first-order chi connectivity index (χ1) is 9.11. The van der Waals surface area contributed by atoms with E-state index >= 15 is 0 Å². The first-order valence-electron chi connectivity index (χ1n) is 7.18. The van der Waals surface area contributed by atoms with Gasteiger partial charge in [-0.2, -0.15) is 0 Å². The van der Waals surface area contributed by atoms with Crippen molar-refractivity contribution in [2.75, 3.05) is 60.2 Å². The molecule has 0 aliphatic carbocycles. The zero-order valence-electron chi connectivity index (χ0n) is 13.1. The van der Waals surface area contributed by atoms with Crippen molar-refractivity contribution in [2.24, 2.45) is 0 Å². The summed E-state index contributed by atoms with van der Waals surface area (Å²) >= 11 is 0. The highest BCUT2D eigenvalue weighted by Crippen LogP contribution is 2.12. The molecule has 116 valence electrons. The fourth-order valence-electron chi connectivity index (χ4n) is 2.12. The molecule has 1 unspecified atom stereocenters. The number of methoxy groups -OCH3 is 2. The van der Waals surface area contributed by atoms with Gasteiger partial charge >= 0.3 is 0 Å². The van der Waals surface area contributed by atoms with Crippen LogP contribution < -0.4 is 5.32 Å². The Bertz CT molecular complexity index is 197. The monoisotopic (exact) mass is 276 g/mol.